The average Bonchev–Trinajstić information content (AvgIpc) is 3.67. The Morgan fingerprint density at radius 1 is 0.938 bits per heavy atom. The number of nitrogens with one attached hydrogen (secondary N) is 2. The molecule has 0 atom stereocenters. The van der Waals surface area contributed by atoms with Crippen LogP contribution in [0.2, 0.25) is 0 Å². The lowest BCUT2D eigenvalue weighted by Gasteiger charge is -2.40. The van der Waals surface area contributed by atoms with Gasteiger partial charge < -0.3 is 25.2 Å². The van der Waals surface area contributed by atoms with Gasteiger partial charge in [-0.1, -0.05) is 6.07 Å². The van der Waals surface area contributed by atoms with Gasteiger partial charge in [-0.3, -0.25) is 14.2 Å². The highest BCUT2D eigenvalue weighted by molar-refractivity contribution is 6.14. The van der Waals surface area contributed by atoms with Gasteiger partial charge in [-0.25, -0.2) is 9.78 Å². The van der Waals surface area contributed by atoms with Crippen LogP contribution in [0.4, 0.5) is 22.0 Å². The number of aromatic nitrogens is 5. The summed E-state index contributed by atoms with van der Waals surface area (Å²) in [7, 11) is 3.77. The number of aryl methyl sites for hydroxylation is 2. The maximum atomic E-state index is 13.8. The summed E-state index contributed by atoms with van der Waals surface area (Å²) in [6.45, 7) is 7.85. The number of piperidine rings is 1. The number of ether oxygens (including phenoxy) is 1. The van der Waals surface area contributed by atoms with Crippen molar-refractivity contribution in [1.82, 2.24) is 29.4 Å². The third-order valence-corrected chi connectivity index (χ3v) is 8.94. The molecule has 7 rings (SSSR count). The first-order valence-corrected chi connectivity index (χ1v) is 16.7. The molecule has 0 bridgehead atoms. The van der Waals surface area contributed by atoms with Crippen LogP contribution in [-0.2, 0) is 25.4 Å². The second-order valence-electron chi connectivity index (χ2n) is 13.9. The maximum Gasteiger partial charge on any atom is 0.410 e. The van der Waals surface area contributed by atoms with Crippen LogP contribution >= 0.6 is 0 Å². The second-order valence-corrected chi connectivity index (χ2v) is 13.9. The molecule has 4 heterocycles. The second kappa shape index (κ2) is 12.5. The van der Waals surface area contributed by atoms with Gasteiger partial charge in [0.05, 0.1) is 11.1 Å². The van der Waals surface area contributed by atoms with E-state index in [9.17, 15) is 9.59 Å². The fraction of sp³-hybridized carbons (Fsp3) is 0.417. The zero-order chi connectivity index (χ0) is 33.6. The number of hydrogen-bond acceptors (Lipinski definition) is 8. The van der Waals surface area contributed by atoms with E-state index in [1.54, 1.807) is 15.6 Å². The smallest absolute Gasteiger partial charge is 0.410 e. The first-order chi connectivity index (χ1) is 23.0. The molecule has 1 saturated heterocycles. The summed E-state index contributed by atoms with van der Waals surface area (Å²) in [5, 5.41) is 17.7. The molecule has 0 unspecified atom stereocenters. The monoisotopic (exact) mass is 649 g/mol. The van der Waals surface area contributed by atoms with Gasteiger partial charge in [0, 0.05) is 92.1 Å². The number of amides is 2. The molecule has 3 aromatic heterocycles. The van der Waals surface area contributed by atoms with Crippen LogP contribution < -0.4 is 15.5 Å². The molecular weight excluding hydrogens is 606 g/mol. The molecule has 12 nitrogen and oxygen atoms in total. The average molecular weight is 650 g/mol. The summed E-state index contributed by atoms with van der Waals surface area (Å²) < 4.78 is 9.32. The summed E-state index contributed by atoms with van der Waals surface area (Å²) in [6.07, 6.45) is 9.26. The highest BCUT2D eigenvalue weighted by atomic mass is 16.6. The molecule has 0 radical (unpaired) electrons. The standard InChI is InChI=1S/C36H43N9O3/c1-36(2,3)48-35(47)45(26-9-10-26)27-13-16-44(17-14-27)30-12-11-28(33-29(30)22-43(5)41-33)34(46)39-25-18-23(20-38-31-8-6-7-15-37-31)32-24(19-25)21-42(4)40-32/h6-8,11-12,15,18-19,21-22,26-27H,9-10,13-14,16-17,20H2,1-5H3,(H,37,38)(H,39,46). The summed E-state index contributed by atoms with van der Waals surface area (Å²) in [5.41, 5.74) is 4.18. The highest BCUT2D eigenvalue weighted by Gasteiger charge is 2.41. The van der Waals surface area contributed by atoms with Crippen LogP contribution in [-0.4, -0.2) is 72.2 Å². The Kier molecular flexibility index (Phi) is 8.18. The van der Waals surface area contributed by atoms with Gasteiger partial charge in [0.25, 0.3) is 5.91 Å². The van der Waals surface area contributed by atoms with E-state index in [0.29, 0.717) is 23.3 Å². The van der Waals surface area contributed by atoms with E-state index in [2.05, 4.69) is 25.6 Å². The number of rotatable bonds is 8. The Bertz CT molecular complexity index is 1970. The van der Waals surface area contributed by atoms with E-state index in [1.807, 2.05) is 94.6 Å². The van der Waals surface area contributed by atoms with Crippen molar-refractivity contribution in [2.75, 3.05) is 28.6 Å². The number of carbonyl (C=O) groups excluding carboxylic acids is 2. The predicted octanol–water partition coefficient (Wildman–Crippen LogP) is 6.09. The highest BCUT2D eigenvalue weighted by Crippen LogP contribution is 2.36. The zero-order valence-corrected chi connectivity index (χ0v) is 28.2. The molecule has 1 saturated carbocycles. The minimum absolute atomic E-state index is 0.152. The van der Waals surface area contributed by atoms with Crippen LogP contribution in [0.3, 0.4) is 0 Å². The minimum Gasteiger partial charge on any atom is -0.444 e. The van der Waals surface area contributed by atoms with Crippen LogP contribution in [0.1, 0.15) is 62.4 Å². The quantitative estimate of drug-likeness (QED) is 0.207. The first kappa shape index (κ1) is 31.5. The molecule has 2 aliphatic rings. The van der Waals surface area contributed by atoms with Crippen molar-refractivity contribution >= 4 is 51.0 Å². The van der Waals surface area contributed by atoms with Gasteiger partial charge in [-0.2, -0.15) is 10.2 Å². The van der Waals surface area contributed by atoms with Crippen LogP contribution in [0.15, 0.2) is 61.1 Å². The van der Waals surface area contributed by atoms with Crippen molar-refractivity contribution in [2.45, 2.75) is 70.7 Å². The fourth-order valence-electron chi connectivity index (χ4n) is 6.70. The van der Waals surface area contributed by atoms with E-state index >= 15 is 0 Å². The topological polar surface area (TPSA) is 122 Å². The van der Waals surface area contributed by atoms with Gasteiger partial charge in [-0.05, 0) is 82.9 Å². The molecule has 5 aromatic rings. The van der Waals surface area contributed by atoms with Crippen molar-refractivity contribution in [1.29, 1.82) is 0 Å². The summed E-state index contributed by atoms with van der Waals surface area (Å²) >= 11 is 0. The Balaban J connectivity index is 1.09. The van der Waals surface area contributed by atoms with Gasteiger partial charge >= 0.3 is 6.09 Å². The van der Waals surface area contributed by atoms with Crippen molar-refractivity contribution in [3.05, 3.63) is 72.2 Å². The van der Waals surface area contributed by atoms with Crippen LogP contribution in [0.25, 0.3) is 21.8 Å². The van der Waals surface area contributed by atoms with Crippen molar-refractivity contribution in [3.8, 4) is 0 Å². The van der Waals surface area contributed by atoms with Crippen molar-refractivity contribution in [2.24, 2.45) is 14.1 Å². The number of carbonyl (C=O) groups is 2. The molecule has 1 aliphatic heterocycles. The number of fused-ring (bicyclic) bond motifs is 2. The normalized spacial score (nSPS) is 15.6. The van der Waals surface area contributed by atoms with Gasteiger partial charge in [0.15, 0.2) is 0 Å². The minimum atomic E-state index is -0.518. The molecule has 2 N–H and O–H groups in total. The molecule has 0 spiro atoms. The maximum absolute atomic E-state index is 13.8. The molecule has 12 heteroatoms. The predicted molar refractivity (Wildman–Crippen MR) is 187 cm³/mol. The van der Waals surface area contributed by atoms with E-state index in [1.165, 1.54) is 0 Å². The van der Waals surface area contributed by atoms with E-state index in [0.717, 1.165) is 72.1 Å². The SMILES string of the molecule is Cn1cc2cc(NC(=O)c3ccc(N4CCC(N(C(=O)OC(C)(C)C)C5CC5)CC4)c4cn(C)nc34)cc(CNc3ccccn3)c2n1. The number of nitrogens with zero attached hydrogens (tertiary/aromatic N) is 7. The van der Waals surface area contributed by atoms with Gasteiger partial charge in [-0.15, -0.1) is 0 Å². The molecule has 1 aliphatic carbocycles. The fourth-order valence-corrected chi connectivity index (χ4v) is 6.70. The van der Waals surface area contributed by atoms with Crippen LogP contribution in [0, 0.1) is 0 Å². The lowest BCUT2D eigenvalue weighted by atomic mass is 10.0. The summed E-state index contributed by atoms with van der Waals surface area (Å²) in [6, 6.07) is 14.0. The lowest BCUT2D eigenvalue weighted by molar-refractivity contribution is 0.0114. The molecule has 2 fully saturated rings. The first-order valence-electron chi connectivity index (χ1n) is 16.7. The van der Waals surface area contributed by atoms with E-state index in [4.69, 9.17) is 9.84 Å². The summed E-state index contributed by atoms with van der Waals surface area (Å²) in [4.78, 5) is 35.7. The van der Waals surface area contributed by atoms with Crippen LogP contribution in [0.5, 0.6) is 0 Å². The van der Waals surface area contributed by atoms with Crippen molar-refractivity contribution < 1.29 is 14.3 Å². The number of hydrogen-bond donors (Lipinski definition) is 2. The van der Waals surface area contributed by atoms with E-state index in [-0.39, 0.29) is 24.1 Å². The Morgan fingerprint density at radius 3 is 2.38 bits per heavy atom. The third-order valence-electron chi connectivity index (χ3n) is 8.94. The van der Waals surface area contributed by atoms with Gasteiger partial charge in [0.1, 0.15) is 16.9 Å². The molecule has 2 aromatic carbocycles. The van der Waals surface area contributed by atoms with Gasteiger partial charge in [0.2, 0.25) is 0 Å². The molecule has 2 amide bonds. The Hall–Kier alpha value is -5.13. The zero-order valence-electron chi connectivity index (χ0n) is 28.2. The largest absolute Gasteiger partial charge is 0.444 e. The third kappa shape index (κ3) is 6.65. The van der Waals surface area contributed by atoms with E-state index < -0.39 is 5.60 Å². The number of benzene rings is 2. The number of anilines is 3. The molecule has 48 heavy (non-hydrogen) atoms. The Labute approximate surface area is 280 Å². The Morgan fingerprint density at radius 2 is 1.67 bits per heavy atom. The molecule has 250 valence electrons. The number of pyridine rings is 1. The lowest BCUT2D eigenvalue weighted by Crippen LogP contribution is -2.50. The van der Waals surface area contributed by atoms with Crippen molar-refractivity contribution in [3.63, 3.8) is 0 Å². The molecular formula is C36H43N9O3. The summed E-state index contributed by atoms with van der Waals surface area (Å²) in [5.74, 6) is 0.537.